The van der Waals surface area contributed by atoms with Crippen molar-refractivity contribution in [3.63, 3.8) is 0 Å². The Kier molecular flexibility index (Phi) is 3.07. The van der Waals surface area contributed by atoms with Crippen LogP contribution < -0.4 is 4.90 Å². The molecule has 0 unspecified atom stereocenters. The molecule has 1 fully saturated rings. The van der Waals surface area contributed by atoms with Crippen LogP contribution in [0.3, 0.4) is 0 Å². The minimum absolute atomic E-state index is 0.0274. The molecule has 0 aromatic heterocycles. The van der Waals surface area contributed by atoms with Crippen molar-refractivity contribution in [2.45, 2.75) is 25.3 Å². The first-order valence-electron chi connectivity index (χ1n) is 5.45. The maximum atomic E-state index is 11.8. The molecule has 84 valence electrons. The Morgan fingerprint density at radius 1 is 1.29 bits per heavy atom. The number of rotatable bonds is 2. The maximum Gasteiger partial charge on any atom is 0.227 e. The average molecular weight is 225 g/mol. The van der Waals surface area contributed by atoms with Gasteiger partial charge in [0.1, 0.15) is 0 Å². The zero-order chi connectivity index (χ0) is 12.3. The van der Waals surface area contributed by atoms with Crippen LogP contribution in [0.5, 0.6) is 0 Å². The van der Waals surface area contributed by atoms with E-state index in [2.05, 4.69) is 6.07 Å². The Morgan fingerprint density at radius 2 is 2.00 bits per heavy atom. The summed E-state index contributed by atoms with van der Waals surface area (Å²) in [5.41, 5.74) is 1.34. The largest absolute Gasteiger partial charge is 0.308 e. The van der Waals surface area contributed by atoms with Gasteiger partial charge in [0.2, 0.25) is 5.91 Å². The molecular formula is C13H11N3O. The van der Waals surface area contributed by atoms with Crippen LogP contribution in [0.4, 0.5) is 5.69 Å². The van der Waals surface area contributed by atoms with E-state index in [1.165, 1.54) is 0 Å². The summed E-state index contributed by atoms with van der Waals surface area (Å²) in [4.78, 5) is 13.4. The summed E-state index contributed by atoms with van der Waals surface area (Å²) in [6, 6.07) is 11.0. The first-order valence-corrected chi connectivity index (χ1v) is 5.45. The van der Waals surface area contributed by atoms with Crippen molar-refractivity contribution < 1.29 is 4.79 Å². The van der Waals surface area contributed by atoms with Crippen molar-refractivity contribution in [1.82, 2.24) is 0 Å². The van der Waals surface area contributed by atoms with Crippen LogP contribution in [0.25, 0.3) is 0 Å². The van der Waals surface area contributed by atoms with E-state index in [1.54, 1.807) is 29.2 Å². The number of carbonyl (C=O) groups is 1. The Bertz CT molecular complexity index is 507. The molecular weight excluding hydrogens is 214 g/mol. The molecule has 1 amide bonds. The lowest BCUT2D eigenvalue weighted by Crippen LogP contribution is -2.32. The van der Waals surface area contributed by atoms with Gasteiger partial charge in [-0.2, -0.15) is 10.5 Å². The minimum Gasteiger partial charge on any atom is -0.308 e. The zero-order valence-electron chi connectivity index (χ0n) is 9.26. The topological polar surface area (TPSA) is 67.9 Å². The van der Waals surface area contributed by atoms with Crippen molar-refractivity contribution in [3.05, 3.63) is 29.8 Å². The summed E-state index contributed by atoms with van der Waals surface area (Å²) in [5, 5.41) is 17.4. The number of benzene rings is 1. The lowest BCUT2D eigenvalue weighted by Gasteiger charge is -2.22. The number of hydrogen-bond donors (Lipinski definition) is 0. The quantitative estimate of drug-likeness (QED) is 0.772. The van der Waals surface area contributed by atoms with Gasteiger partial charge in [-0.15, -0.1) is 0 Å². The van der Waals surface area contributed by atoms with Crippen LogP contribution in [-0.2, 0) is 4.79 Å². The minimum atomic E-state index is -0.0274. The van der Waals surface area contributed by atoms with Gasteiger partial charge in [-0.05, 0) is 30.7 Å². The Balaban J connectivity index is 2.27. The fourth-order valence-corrected chi connectivity index (χ4v) is 2.09. The summed E-state index contributed by atoms with van der Waals surface area (Å²) in [7, 11) is 0. The van der Waals surface area contributed by atoms with Gasteiger partial charge in [0.15, 0.2) is 0 Å². The predicted octanol–water partition coefficient (Wildman–Crippen LogP) is 1.97. The second kappa shape index (κ2) is 4.67. The van der Waals surface area contributed by atoms with Gasteiger partial charge in [0.25, 0.3) is 0 Å². The standard InChI is InChI=1S/C13H11N3O/c14-8-7-12-5-6-13(17)16(12)11-3-1-10(9-15)2-4-11/h1-4,12H,5-7H2/t12-/m0/s1. The van der Waals surface area contributed by atoms with E-state index in [1.807, 2.05) is 6.07 Å². The second-order valence-electron chi connectivity index (χ2n) is 3.98. The highest BCUT2D eigenvalue weighted by Crippen LogP contribution is 2.28. The Hall–Kier alpha value is -2.33. The van der Waals surface area contributed by atoms with E-state index < -0.39 is 0 Å². The van der Waals surface area contributed by atoms with Gasteiger partial charge >= 0.3 is 0 Å². The number of hydrogen-bond acceptors (Lipinski definition) is 3. The van der Waals surface area contributed by atoms with Gasteiger partial charge in [0, 0.05) is 12.1 Å². The smallest absolute Gasteiger partial charge is 0.227 e. The van der Waals surface area contributed by atoms with Crippen molar-refractivity contribution in [3.8, 4) is 12.1 Å². The first-order chi connectivity index (χ1) is 8.26. The highest BCUT2D eigenvalue weighted by molar-refractivity contribution is 5.96. The van der Waals surface area contributed by atoms with Crippen molar-refractivity contribution >= 4 is 11.6 Å². The fourth-order valence-electron chi connectivity index (χ4n) is 2.09. The molecule has 0 saturated carbocycles. The van der Waals surface area contributed by atoms with Crippen LogP contribution in [0, 0.1) is 22.7 Å². The lowest BCUT2D eigenvalue weighted by atomic mass is 10.1. The molecule has 2 rings (SSSR count). The van der Waals surface area contributed by atoms with Crippen molar-refractivity contribution in [2.75, 3.05) is 4.90 Å². The summed E-state index contributed by atoms with van der Waals surface area (Å²) >= 11 is 0. The highest BCUT2D eigenvalue weighted by atomic mass is 16.2. The number of carbonyl (C=O) groups excluding carboxylic acids is 1. The molecule has 1 aromatic carbocycles. The van der Waals surface area contributed by atoms with E-state index in [4.69, 9.17) is 10.5 Å². The summed E-state index contributed by atoms with van der Waals surface area (Å²) < 4.78 is 0. The molecule has 4 heteroatoms. The zero-order valence-corrected chi connectivity index (χ0v) is 9.26. The lowest BCUT2D eigenvalue weighted by molar-refractivity contribution is -0.117. The second-order valence-corrected chi connectivity index (χ2v) is 3.98. The normalized spacial score (nSPS) is 18.8. The van der Waals surface area contributed by atoms with Crippen molar-refractivity contribution in [1.29, 1.82) is 10.5 Å². The highest BCUT2D eigenvalue weighted by Gasteiger charge is 2.31. The summed E-state index contributed by atoms with van der Waals surface area (Å²) in [5.74, 6) is 0.0509. The molecule has 1 aliphatic heterocycles. The molecule has 1 aromatic rings. The van der Waals surface area contributed by atoms with Crippen LogP contribution >= 0.6 is 0 Å². The maximum absolute atomic E-state index is 11.8. The molecule has 1 aliphatic rings. The molecule has 0 aliphatic carbocycles. The van der Waals surface area contributed by atoms with Gasteiger partial charge < -0.3 is 4.90 Å². The third-order valence-electron chi connectivity index (χ3n) is 2.93. The molecule has 1 heterocycles. The van der Waals surface area contributed by atoms with Crippen LogP contribution in [0.1, 0.15) is 24.8 Å². The SMILES string of the molecule is N#CC[C@@H]1CCC(=O)N1c1ccc(C#N)cc1. The van der Waals surface area contributed by atoms with Crippen LogP contribution in [0.2, 0.25) is 0 Å². The van der Waals surface area contributed by atoms with Gasteiger partial charge in [-0.25, -0.2) is 0 Å². The third kappa shape index (κ3) is 2.11. The molecule has 17 heavy (non-hydrogen) atoms. The molecule has 0 N–H and O–H groups in total. The Labute approximate surface area is 99.7 Å². The molecule has 4 nitrogen and oxygen atoms in total. The fraction of sp³-hybridized carbons (Fsp3) is 0.308. The van der Waals surface area contributed by atoms with E-state index in [9.17, 15) is 4.79 Å². The van der Waals surface area contributed by atoms with Crippen LogP contribution in [-0.4, -0.2) is 11.9 Å². The molecule has 1 saturated heterocycles. The van der Waals surface area contributed by atoms with E-state index in [-0.39, 0.29) is 11.9 Å². The monoisotopic (exact) mass is 225 g/mol. The molecule has 0 radical (unpaired) electrons. The third-order valence-corrected chi connectivity index (χ3v) is 2.93. The summed E-state index contributed by atoms with van der Waals surface area (Å²) in [6.07, 6.45) is 1.57. The van der Waals surface area contributed by atoms with E-state index in [0.717, 1.165) is 12.1 Å². The van der Waals surface area contributed by atoms with Crippen molar-refractivity contribution in [2.24, 2.45) is 0 Å². The van der Waals surface area contributed by atoms with E-state index >= 15 is 0 Å². The summed E-state index contributed by atoms with van der Waals surface area (Å²) in [6.45, 7) is 0. The number of nitrogens with zero attached hydrogens (tertiary/aromatic N) is 3. The molecule has 1 atom stereocenters. The predicted molar refractivity (Wildman–Crippen MR) is 61.9 cm³/mol. The Morgan fingerprint density at radius 3 is 2.59 bits per heavy atom. The van der Waals surface area contributed by atoms with Crippen LogP contribution in [0.15, 0.2) is 24.3 Å². The molecule has 0 bridgehead atoms. The average Bonchev–Trinajstić information content (AvgIpc) is 2.71. The van der Waals surface area contributed by atoms with Gasteiger partial charge in [-0.3, -0.25) is 4.79 Å². The van der Waals surface area contributed by atoms with E-state index in [0.29, 0.717) is 18.4 Å². The number of amides is 1. The molecule has 0 spiro atoms. The number of nitriles is 2. The van der Waals surface area contributed by atoms with Gasteiger partial charge in [0.05, 0.1) is 30.2 Å². The first kappa shape index (κ1) is 11.2. The van der Waals surface area contributed by atoms with Gasteiger partial charge in [-0.1, -0.05) is 0 Å². The number of anilines is 1.